The summed E-state index contributed by atoms with van der Waals surface area (Å²) in [5.74, 6) is 1.08. The van der Waals surface area contributed by atoms with Gasteiger partial charge in [-0.25, -0.2) is 4.98 Å². The number of nitrogens with zero attached hydrogens (tertiary/aromatic N) is 4. The van der Waals surface area contributed by atoms with E-state index in [0.717, 1.165) is 49.2 Å². The monoisotopic (exact) mass is 388 g/mol. The van der Waals surface area contributed by atoms with Gasteiger partial charge in [-0.1, -0.05) is 32.1 Å². The molecular weight excluding hydrogens is 360 g/mol. The molecule has 6 nitrogen and oxygen atoms in total. The summed E-state index contributed by atoms with van der Waals surface area (Å²) in [5, 5.41) is 1.88. The maximum atomic E-state index is 12.5. The molecular formula is C20H28N4O2S. The summed E-state index contributed by atoms with van der Waals surface area (Å²) < 4.78 is 1.58. The van der Waals surface area contributed by atoms with E-state index in [1.807, 2.05) is 10.3 Å². The number of carbonyl (C=O) groups is 1. The molecule has 27 heavy (non-hydrogen) atoms. The van der Waals surface area contributed by atoms with Crippen LogP contribution >= 0.6 is 11.3 Å². The van der Waals surface area contributed by atoms with Gasteiger partial charge in [0.05, 0.1) is 5.69 Å². The lowest BCUT2D eigenvalue weighted by Gasteiger charge is -2.35. The molecule has 7 heteroatoms. The second kappa shape index (κ2) is 8.52. The lowest BCUT2D eigenvalue weighted by molar-refractivity contribution is -0.133. The Balaban J connectivity index is 1.25. The van der Waals surface area contributed by atoms with Gasteiger partial charge in [-0.3, -0.25) is 18.9 Å². The van der Waals surface area contributed by atoms with Gasteiger partial charge in [-0.15, -0.1) is 11.3 Å². The molecule has 0 aromatic carbocycles. The van der Waals surface area contributed by atoms with Gasteiger partial charge in [0.2, 0.25) is 5.91 Å². The summed E-state index contributed by atoms with van der Waals surface area (Å²) >= 11 is 1.48. The highest BCUT2D eigenvalue weighted by Gasteiger charge is 2.23. The first kappa shape index (κ1) is 18.6. The topological polar surface area (TPSA) is 57.9 Å². The van der Waals surface area contributed by atoms with E-state index in [2.05, 4.69) is 9.88 Å². The minimum atomic E-state index is -0.0206. The van der Waals surface area contributed by atoms with Gasteiger partial charge in [-0.2, -0.15) is 0 Å². The van der Waals surface area contributed by atoms with E-state index in [0.29, 0.717) is 18.9 Å². The van der Waals surface area contributed by atoms with Crippen LogP contribution in [0.15, 0.2) is 22.4 Å². The normalized spacial score (nSPS) is 19.6. The predicted octanol–water partition coefficient (Wildman–Crippen LogP) is 2.76. The molecule has 1 amide bonds. The molecule has 1 aliphatic heterocycles. The zero-order chi connectivity index (χ0) is 18.6. The number of carbonyl (C=O) groups excluding carboxylic acids is 1. The minimum Gasteiger partial charge on any atom is -0.340 e. The third kappa shape index (κ3) is 4.58. The van der Waals surface area contributed by atoms with Gasteiger partial charge in [0.15, 0.2) is 4.96 Å². The first-order chi connectivity index (χ1) is 13.2. The molecule has 2 aromatic heterocycles. The van der Waals surface area contributed by atoms with E-state index < -0.39 is 0 Å². The molecule has 0 N–H and O–H groups in total. The van der Waals surface area contributed by atoms with Crippen LogP contribution in [0.4, 0.5) is 0 Å². The van der Waals surface area contributed by atoms with Crippen molar-refractivity contribution in [2.45, 2.75) is 51.5 Å². The van der Waals surface area contributed by atoms with Crippen LogP contribution in [0.1, 0.15) is 50.6 Å². The highest BCUT2D eigenvalue weighted by molar-refractivity contribution is 7.15. The standard InChI is InChI=1S/C20H28N4O2S/c25-18(7-6-16-4-2-1-3-5-16)23-10-8-22(9-11-23)15-17-14-19(26)24-12-13-27-20(24)21-17/h12-14,16H,1-11,15H2. The smallest absolute Gasteiger partial charge is 0.258 e. The van der Waals surface area contributed by atoms with Crippen LogP contribution in [0, 0.1) is 5.92 Å². The van der Waals surface area contributed by atoms with E-state index >= 15 is 0 Å². The van der Waals surface area contributed by atoms with Crippen LogP contribution < -0.4 is 5.56 Å². The number of amides is 1. The average molecular weight is 389 g/mol. The van der Waals surface area contributed by atoms with Crippen molar-refractivity contribution in [2.75, 3.05) is 26.2 Å². The second-order valence-corrected chi connectivity index (χ2v) is 8.71. The van der Waals surface area contributed by atoms with Crippen molar-refractivity contribution in [1.29, 1.82) is 0 Å². The number of rotatable bonds is 5. The van der Waals surface area contributed by atoms with Crippen molar-refractivity contribution in [3.8, 4) is 0 Å². The molecule has 146 valence electrons. The Morgan fingerprint density at radius 1 is 1.15 bits per heavy atom. The van der Waals surface area contributed by atoms with Crippen molar-refractivity contribution in [3.05, 3.63) is 33.7 Å². The molecule has 0 spiro atoms. The number of hydrogen-bond acceptors (Lipinski definition) is 5. The summed E-state index contributed by atoms with van der Waals surface area (Å²) in [4.78, 5) is 34.3. The Kier molecular flexibility index (Phi) is 5.88. The maximum Gasteiger partial charge on any atom is 0.258 e. The molecule has 2 fully saturated rings. The summed E-state index contributed by atoms with van der Waals surface area (Å²) in [6.45, 7) is 3.93. The Morgan fingerprint density at radius 3 is 2.70 bits per heavy atom. The molecule has 1 saturated carbocycles. The summed E-state index contributed by atoms with van der Waals surface area (Å²) in [7, 11) is 0. The van der Waals surface area contributed by atoms with Gasteiger partial charge in [0.25, 0.3) is 5.56 Å². The number of hydrogen-bond donors (Lipinski definition) is 0. The molecule has 2 aromatic rings. The van der Waals surface area contributed by atoms with E-state index in [9.17, 15) is 9.59 Å². The maximum absolute atomic E-state index is 12.5. The van der Waals surface area contributed by atoms with Crippen molar-refractivity contribution >= 4 is 22.2 Å². The van der Waals surface area contributed by atoms with Gasteiger partial charge < -0.3 is 4.90 Å². The Hall–Kier alpha value is -1.73. The van der Waals surface area contributed by atoms with Crippen molar-refractivity contribution in [1.82, 2.24) is 19.2 Å². The van der Waals surface area contributed by atoms with Gasteiger partial charge in [0, 0.05) is 56.8 Å². The van der Waals surface area contributed by atoms with Crippen molar-refractivity contribution in [3.63, 3.8) is 0 Å². The third-order valence-corrected chi connectivity index (χ3v) is 6.71. The zero-order valence-electron chi connectivity index (χ0n) is 15.8. The van der Waals surface area contributed by atoms with Crippen molar-refractivity contribution in [2.24, 2.45) is 5.92 Å². The largest absolute Gasteiger partial charge is 0.340 e. The van der Waals surface area contributed by atoms with Crippen LogP contribution in [0.2, 0.25) is 0 Å². The van der Waals surface area contributed by atoms with Crippen LogP contribution in [-0.4, -0.2) is 51.3 Å². The molecule has 0 bridgehead atoms. The second-order valence-electron chi connectivity index (χ2n) is 7.84. The third-order valence-electron chi connectivity index (χ3n) is 5.96. The van der Waals surface area contributed by atoms with E-state index in [1.165, 1.54) is 43.4 Å². The van der Waals surface area contributed by atoms with Gasteiger partial charge >= 0.3 is 0 Å². The first-order valence-corrected chi connectivity index (χ1v) is 11.0. The fourth-order valence-corrected chi connectivity index (χ4v) is 5.05. The SMILES string of the molecule is O=C(CCC1CCCCC1)N1CCN(Cc2cc(=O)n3ccsc3n2)CC1. The highest BCUT2D eigenvalue weighted by Crippen LogP contribution is 2.27. The number of aromatic nitrogens is 2. The molecule has 0 atom stereocenters. The molecule has 3 heterocycles. The summed E-state index contributed by atoms with van der Waals surface area (Å²) in [6, 6.07) is 1.63. The molecule has 1 saturated heterocycles. The lowest BCUT2D eigenvalue weighted by Crippen LogP contribution is -2.48. The van der Waals surface area contributed by atoms with Crippen LogP contribution in [-0.2, 0) is 11.3 Å². The Bertz CT molecular complexity index is 832. The number of fused-ring (bicyclic) bond motifs is 1. The van der Waals surface area contributed by atoms with Gasteiger partial charge in [-0.05, 0) is 12.3 Å². The minimum absolute atomic E-state index is 0.0206. The first-order valence-electron chi connectivity index (χ1n) is 10.1. The summed E-state index contributed by atoms with van der Waals surface area (Å²) in [5.41, 5.74) is 0.798. The number of piperazine rings is 1. The number of thiazole rings is 1. The van der Waals surface area contributed by atoms with E-state index in [4.69, 9.17) is 0 Å². The fraction of sp³-hybridized carbons (Fsp3) is 0.650. The van der Waals surface area contributed by atoms with E-state index in [1.54, 1.807) is 16.7 Å². The quantitative estimate of drug-likeness (QED) is 0.790. The molecule has 1 aliphatic carbocycles. The van der Waals surface area contributed by atoms with Crippen LogP contribution in [0.25, 0.3) is 4.96 Å². The molecule has 0 unspecified atom stereocenters. The Labute approximate surface area is 163 Å². The molecule has 2 aliphatic rings. The van der Waals surface area contributed by atoms with E-state index in [-0.39, 0.29) is 5.56 Å². The predicted molar refractivity (Wildman–Crippen MR) is 107 cm³/mol. The molecule has 0 radical (unpaired) electrons. The zero-order valence-corrected chi connectivity index (χ0v) is 16.6. The average Bonchev–Trinajstić information content (AvgIpc) is 3.17. The van der Waals surface area contributed by atoms with Gasteiger partial charge in [0.1, 0.15) is 0 Å². The summed E-state index contributed by atoms with van der Waals surface area (Å²) in [6.07, 6.45) is 10.2. The highest BCUT2D eigenvalue weighted by atomic mass is 32.1. The Morgan fingerprint density at radius 2 is 1.93 bits per heavy atom. The van der Waals surface area contributed by atoms with Crippen molar-refractivity contribution < 1.29 is 4.79 Å². The fourth-order valence-electron chi connectivity index (χ4n) is 4.31. The molecule has 4 rings (SSSR count). The van der Waals surface area contributed by atoms with Crippen LogP contribution in [0.5, 0.6) is 0 Å². The van der Waals surface area contributed by atoms with Crippen LogP contribution in [0.3, 0.4) is 0 Å². The lowest BCUT2D eigenvalue weighted by atomic mass is 9.86.